The van der Waals surface area contributed by atoms with Gasteiger partial charge in [0.25, 0.3) is 11.7 Å². The lowest BCUT2D eigenvalue weighted by Crippen LogP contribution is -2.21. The van der Waals surface area contributed by atoms with E-state index in [-0.39, 0.29) is 35.4 Å². The number of carbonyl (C=O) groups is 2. The number of carbonyl (C=O) groups excluding carboxylic acids is 2. The lowest BCUT2D eigenvalue weighted by Gasteiger charge is -2.11. The SMILES string of the molecule is Cc1nc(SC(F)F)nc(C)c1CCC(=O)OCC(=O)Nc1ccccc1F. The van der Waals surface area contributed by atoms with Crippen LogP contribution >= 0.6 is 11.8 Å². The maximum Gasteiger partial charge on any atom is 0.306 e. The zero-order valence-electron chi connectivity index (χ0n) is 15.2. The summed E-state index contributed by atoms with van der Waals surface area (Å²) in [7, 11) is 0. The van der Waals surface area contributed by atoms with Crippen molar-refractivity contribution in [3.63, 3.8) is 0 Å². The van der Waals surface area contributed by atoms with Gasteiger partial charge in [0.1, 0.15) is 5.82 Å². The molecule has 1 aromatic carbocycles. The summed E-state index contributed by atoms with van der Waals surface area (Å²) in [5.74, 6) is -4.51. The monoisotopic (exact) mass is 413 g/mol. The molecular formula is C18H18F3N3O3S. The first-order valence-electron chi connectivity index (χ1n) is 8.25. The lowest BCUT2D eigenvalue weighted by molar-refractivity contribution is -0.147. The average Bonchev–Trinajstić information content (AvgIpc) is 2.60. The second kappa shape index (κ2) is 10.1. The van der Waals surface area contributed by atoms with Crippen LogP contribution in [0.15, 0.2) is 29.4 Å². The first kappa shape index (κ1) is 21.7. The Balaban J connectivity index is 1.84. The molecule has 28 heavy (non-hydrogen) atoms. The average molecular weight is 413 g/mol. The number of thioether (sulfide) groups is 1. The van der Waals surface area contributed by atoms with E-state index < -0.39 is 30.1 Å². The number of alkyl halides is 2. The van der Waals surface area contributed by atoms with Crippen molar-refractivity contribution in [3.05, 3.63) is 47.0 Å². The van der Waals surface area contributed by atoms with Gasteiger partial charge in [-0.05, 0) is 49.7 Å². The standard InChI is InChI=1S/C18H18F3N3O3S/c1-10-12(11(2)23-18(22-10)28-17(20)21)7-8-16(26)27-9-15(25)24-14-6-4-3-5-13(14)19/h3-6,17H,7-9H2,1-2H3,(H,24,25). The van der Waals surface area contributed by atoms with Crippen molar-refractivity contribution in [2.45, 2.75) is 37.6 Å². The van der Waals surface area contributed by atoms with Crippen LogP contribution < -0.4 is 5.32 Å². The highest BCUT2D eigenvalue weighted by Crippen LogP contribution is 2.24. The van der Waals surface area contributed by atoms with Gasteiger partial charge in [-0.1, -0.05) is 12.1 Å². The fourth-order valence-electron chi connectivity index (χ4n) is 2.40. The Hall–Kier alpha value is -2.62. The molecular weight excluding hydrogens is 395 g/mol. The minimum atomic E-state index is -2.62. The van der Waals surface area contributed by atoms with Crippen molar-refractivity contribution in [1.82, 2.24) is 9.97 Å². The van der Waals surface area contributed by atoms with E-state index in [1.807, 2.05) is 0 Å². The molecule has 10 heteroatoms. The number of rotatable bonds is 8. The van der Waals surface area contributed by atoms with E-state index in [9.17, 15) is 22.8 Å². The number of halogens is 3. The van der Waals surface area contributed by atoms with Gasteiger partial charge in [0.2, 0.25) is 0 Å². The topological polar surface area (TPSA) is 81.2 Å². The molecule has 0 aliphatic carbocycles. The van der Waals surface area contributed by atoms with E-state index in [1.165, 1.54) is 18.2 Å². The van der Waals surface area contributed by atoms with Crippen molar-refractivity contribution in [2.24, 2.45) is 0 Å². The molecule has 0 saturated heterocycles. The van der Waals surface area contributed by atoms with Crippen molar-refractivity contribution in [1.29, 1.82) is 0 Å². The first-order valence-corrected chi connectivity index (χ1v) is 9.13. The number of aromatic nitrogens is 2. The minimum absolute atomic E-state index is 0.00583. The van der Waals surface area contributed by atoms with Gasteiger partial charge in [0.15, 0.2) is 11.8 Å². The van der Waals surface area contributed by atoms with Gasteiger partial charge in [-0.2, -0.15) is 8.78 Å². The van der Waals surface area contributed by atoms with E-state index in [4.69, 9.17) is 4.74 Å². The fourth-order valence-corrected chi connectivity index (χ4v) is 2.94. The molecule has 0 aliphatic rings. The maximum atomic E-state index is 13.5. The molecule has 1 aromatic heterocycles. The first-order chi connectivity index (χ1) is 13.3. The van der Waals surface area contributed by atoms with Gasteiger partial charge >= 0.3 is 5.97 Å². The van der Waals surface area contributed by atoms with Crippen LogP contribution in [-0.2, 0) is 20.7 Å². The number of hydrogen-bond acceptors (Lipinski definition) is 6. The van der Waals surface area contributed by atoms with E-state index >= 15 is 0 Å². The molecule has 0 saturated carbocycles. The molecule has 0 radical (unpaired) electrons. The molecule has 1 amide bonds. The van der Waals surface area contributed by atoms with Crippen molar-refractivity contribution >= 4 is 29.3 Å². The Morgan fingerprint density at radius 1 is 1.18 bits per heavy atom. The predicted octanol–water partition coefficient (Wildman–Crippen LogP) is 3.66. The number of aryl methyl sites for hydroxylation is 2. The maximum absolute atomic E-state index is 13.5. The minimum Gasteiger partial charge on any atom is -0.456 e. The number of benzene rings is 1. The van der Waals surface area contributed by atoms with Crippen molar-refractivity contribution < 1.29 is 27.5 Å². The van der Waals surface area contributed by atoms with Gasteiger partial charge in [-0.3, -0.25) is 9.59 Å². The van der Waals surface area contributed by atoms with Gasteiger partial charge in [0, 0.05) is 17.8 Å². The molecule has 2 rings (SSSR count). The molecule has 1 heterocycles. The van der Waals surface area contributed by atoms with Crippen LogP contribution in [0.5, 0.6) is 0 Å². The summed E-state index contributed by atoms with van der Waals surface area (Å²) < 4.78 is 43.2. The summed E-state index contributed by atoms with van der Waals surface area (Å²) in [6, 6.07) is 5.62. The second-order valence-corrected chi connectivity index (χ2v) is 6.68. The number of ether oxygens (including phenoxy) is 1. The molecule has 1 N–H and O–H groups in total. The van der Waals surface area contributed by atoms with Crippen LogP contribution in [0.3, 0.4) is 0 Å². The van der Waals surface area contributed by atoms with Crippen molar-refractivity contribution in [3.8, 4) is 0 Å². The van der Waals surface area contributed by atoms with E-state index in [0.717, 1.165) is 0 Å². The molecule has 150 valence electrons. The summed E-state index contributed by atoms with van der Waals surface area (Å²) in [6.45, 7) is 2.74. The van der Waals surface area contributed by atoms with Crippen LogP contribution in [0, 0.1) is 19.7 Å². The summed E-state index contributed by atoms with van der Waals surface area (Å²) >= 11 is 0.254. The van der Waals surface area contributed by atoms with Crippen LogP contribution in [0.25, 0.3) is 0 Å². The molecule has 0 atom stereocenters. The van der Waals surface area contributed by atoms with E-state index in [0.29, 0.717) is 17.0 Å². The number of nitrogens with zero attached hydrogens (tertiary/aromatic N) is 2. The Labute approximate surface area is 163 Å². The summed E-state index contributed by atoms with van der Waals surface area (Å²) in [6.07, 6.45) is 0.199. The second-order valence-electron chi connectivity index (χ2n) is 5.72. The number of amides is 1. The molecule has 0 unspecified atom stereocenters. The number of para-hydroxylation sites is 1. The Kier molecular flexibility index (Phi) is 7.80. The Morgan fingerprint density at radius 2 is 1.82 bits per heavy atom. The third kappa shape index (κ3) is 6.52. The van der Waals surface area contributed by atoms with E-state index in [2.05, 4.69) is 15.3 Å². The predicted molar refractivity (Wildman–Crippen MR) is 97.7 cm³/mol. The molecule has 0 fully saturated rings. The zero-order chi connectivity index (χ0) is 20.7. The van der Waals surface area contributed by atoms with Crippen LogP contribution in [0.1, 0.15) is 23.4 Å². The zero-order valence-corrected chi connectivity index (χ0v) is 16.0. The number of hydrogen-bond donors (Lipinski definition) is 1. The Bertz CT molecular complexity index is 842. The van der Waals surface area contributed by atoms with Gasteiger partial charge in [-0.25, -0.2) is 14.4 Å². The number of nitrogens with one attached hydrogen (secondary N) is 1. The van der Waals surface area contributed by atoms with Gasteiger partial charge in [0.05, 0.1) is 5.69 Å². The summed E-state index contributed by atoms with van der Waals surface area (Å²) in [5.41, 5.74) is 1.65. The van der Waals surface area contributed by atoms with Gasteiger partial charge in [-0.15, -0.1) is 0 Å². The molecule has 0 aliphatic heterocycles. The Morgan fingerprint density at radius 3 is 2.43 bits per heavy atom. The summed E-state index contributed by atoms with van der Waals surface area (Å²) in [5, 5.41) is 2.28. The third-order valence-corrected chi connectivity index (χ3v) is 4.26. The largest absolute Gasteiger partial charge is 0.456 e. The van der Waals surface area contributed by atoms with Crippen LogP contribution in [-0.4, -0.2) is 34.2 Å². The third-order valence-electron chi connectivity index (χ3n) is 3.69. The molecule has 2 aromatic rings. The van der Waals surface area contributed by atoms with Crippen LogP contribution in [0.2, 0.25) is 0 Å². The number of anilines is 1. The van der Waals surface area contributed by atoms with E-state index in [1.54, 1.807) is 19.9 Å². The quantitative estimate of drug-likeness (QED) is 0.404. The highest BCUT2D eigenvalue weighted by molar-refractivity contribution is 7.99. The molecule has 0 spiro atoms. The normalized spacial score (nSPS) is 10.8. The fraction of sp³-hybridized carbons (Fsp3) is 0.333. The smallest absolute Gasteiger partial charge is 0.306 e. The van der Waals surface area contributed by atoms with Crippen LogP contribution in [0.4, 0.5) is 18.9 Å². The van der Waals surface area contributed by atoms with Gasteiger partial charge < -0.3 is 10.1 Å². The number of esters is 1. The lowest BCUT2D eigenvalue weighted by atomic mass is 10.1. The molecule has 0 bridgehead atoms. The summed E-state index contributed by atoms with van der Waals surface area (Å²) in [4.78, 5) is 31.6. The highest BCUT2D eigenvalue weighted by atomic mass is 32.2. The molecule has 6 nitrogen and oxygen atoms in total. The van der Waals surface area contributed by atoms with Crippen molar-refractivity contribution in [2.75, 3.05) is 11.9 Å². The highest BCUT2D eigenvalue weighted by Gasteiger charge is 2.15.